The molecule has 0 aliphatic heterocycles. The molecule has 0 saturated carbocycles. The smallest absolute Gasteiger partial charge is 0.251 e. The Labute approximate surface area is 95.6 Å². The Balaban J connectivity index is 3.05. The average Bonchev–Trinajstić information content (AvgIpc) is 2.27. The van der Waals surface area contributed by atoms with Crippen molar-refractivity contribution in [2.45, 2.75) is 20.0 Å². The molecule has 1 radical (unpaired) electrons. The molecule has 0 aromatic heterocycles. The first-order valence-corrected chi connectivity index (χ1v) is 5.00. The molecule has 4 heteroatoms. The highest BCUT2D eigenvalue weighted by atomic mass is 16.5. The van der Waals surface area contributed by atoms with Gasteiger partial charge in [0.1, 0.15) is 0 Å². The van der Waals surface area contributed by atoms with Crippen LogP contribution in [0.1, 0.15) is 24.2 Å². The van der Waals surface area contributed by atoms with Crippen molar-refractivity contribution in [2.75, 3.05) is 7.11 Å². The molecular formula is C12H16NO3. The van der Waals surface area contributed by atoms with Crippen LogP contribution in [-0.2, 0) is 0 Å². The topological polar surface area (TPSA) is 47.6 Å². The van der Waals surface area contributed by atoms with Crippen LogP contribution in [0.4, 0.5) is 0 Å². The Kier molecular flexibility index (Phi) is 4.17. The van der Waals surface area contributed by atoms with Gasteiger partial charge >= 0.3 is 0 Å². The predicted octanol–water partition coefficient (Wildman–Crippen LogP) is 2.00. The highest BCUT2D eigenvalue weighted by molar-refractivity contribution is 5.94. The van der Waals surface area contributed by atoms with Gasteiger partial charge in [0.25, 0.3) is 5.91 Å². The lowest BCUT2D eigenvalue weighted by atomic mass is 10.2. The summed E-state index contributed by atoms with van der Waals surface area (Å²) in [6, 6.07) is 4.99. The Morgan fingerprint density at radius 3 is 2.56 bits per heavy atom. The Morgan fingerprint density at radius 2 is 2.06 bits per heavy atom. The summed E-state index contributed by atoms with van der Waals surface area (Å²) in [5.74, 6) is 0.907. The monoisotopic (exact) mass is 222 g/mol. The third-order valence-corrected chi connectivity index (χ3v) is 1.95. The molecule has 0 fully saturated rings. The van der Waals surface area contributed by atoms with Crippen LogP contribution in [-0.4, -0.2) is 19.1 Å². The van der Waals surface area contributed by atoms with E-state index in [9.17, 15) is 4.79 Å². The molecule has 4 nitrogen and oxygen atoms in total. The summed E-state index contributed by atoms with van der Waals surface area (Å²) >= 11 is 0. The number of hydrogen-bond acceptors (Lipinski definition) is 3. The number of nitrogens with one attached hydrogen (secondary N) is 1. The first kappa shape index (κ1) is 12.4. The number of ether oxygens (including phenoxy) is 2. The van der Waals surface area contributed by atoms with Crippen LogP contribution >= 0.6 is 0 Å². The third-order valence-electron chi connectivity index (χ3n) is 1.95. The molecule has 0 bridgehead atoms. The molecule has 87 valence electrons. The largest absolute Gasteiger partial charge is 0.493 e. The molecule has 1 N–H and O–H groups in total. The van der Waals surface area contributed by atoms with Crippen LogP contribution in [0.15, 0.2) is 18.2 Å². The van der Waals surface area contributed by atoms with Crippen LogP contribution in [0.25, 0.3) is 0 Å². The van der Waals surface area contributed by atoms with Gasteiger partial charge in [0.05, 0.1) is 13.2 Å². The standard InChI is InChI=1S/C12H16NO3/c1-8(2)16-11-7-9(12(14)13-3)5-6-10(11)15-4/h5-8H,3H2,1-2,4H3,(H,13,14). The summed E-state index contributed by atoms with van der Waals surface area (Å²) in [5.41, 5.74) is 0.492. The molecule has 0 atom stereocenters. The van der Waals surface area contributed by atoms with Crippen LogP contribution in [0.3, 0.4) is 0 Å². The zero-order valence-electron chi connectivity index (χ0n) is 9.74. The number of amides is 1. The lowest BCUT2D eigenvalue weighted by Gasteiger charge is -2.14. The van der Waals surface area contributed by atoms with Crippen LogP contribution in [0.2, 0.25) is 0 Å². The first-order valence-electron chi connectivity index (χ1n) is 5.00. The molecule has 0 saturated heterocycles. The molecular weight excluding hydrogens is 206 g/mol. The van der Waals surface area contributed by atoms with Gasteiger partial charge in [-0.05, 0) is 32.0 Å². The maximum absolute atomic E-state index is 11.4. The lowest BCUT2D eigenvalue weighted by Crippen LogP contribution is -2.16. The summed E-state index contributed by atoms with van der Waals surface area (Å²) < 4.78 is 10.7. The summed E-state index contributed by atoms with van der Waals surface area (Å²) in [4.78, 5) is 11.4. The maximum Gasteiger partial charge on any atom is 0.251 e. The van der Waals surface area contributed by atoms with E-state index in [1.54, 1.807) is 25.3 Å². The summed E-state index contributed by atoms with van der Waals surface area (Å²) in [5, 5.41) is 2.31. The number of methoxy groups -OCH3 is 1. The van der Waals surface area contributed by atoms with Crippen molar-refractivity contribution in [1.82, 2.24) is 5.32 Å². The van der Waals surface area contributed by atoms with E-state index in [0.717, 1.165) is 0 Å². The summed E-state index contributed by atoms with van der Waals surface area (Å²) in [6.07, 6.45) is 0.0203. The van der Waals surface area contributed by atoms with Gasteiger partial charge in [-0.3, -0.25) is 4.79 Å². The Morgan fingerprint density at radius 1 is 1.38 bits per heavy atom. The molecule has 1 rings (SSSR count). The fourth-order valence-electron chi connectivity index (χ4n) is 1.27. The second-order valence-electron chi connectivity index (χ2n) is 3.54. The fraction of sp³-hybridized carbons (Fsp3) is 0.333. The van der Waals surface area contributed by atoms with Gasteiger partial charge in [-0.2, -0.15) is 0 Å². The van der Waals surface area contributed by atoms with E-state index in [0.29, 0.717) is 17.1 Å². The van der Waals surface area contributed by atoms with Crippen molar-refractivity contribution in [3.63, 3.8) is 0 Å². The minimum atomic E-state index is -0.253. The predicted molar refractivity (Wildman–Crippen MR) is 61.6 cm³/mol. The lowest BCUT2D eigenvalue weighted by molar-refractivity contribution is 0.0968. The summed E-state index contributed by atoms with van der Waals surface area (Å²) in [6.45, 7) is 3.82. The van der Waals surface area contributed by atoms with E-state index < -0.39 is 0 Å². The Bertz CT molecular complexity index is 375. The van der Waals surface area contributed by atoms with Gasteiger partial charge in [-0.15, -0.1) is 0 Å². The van der Waals surface area contributed by atoms with Crippen LogP contribution in [0.5, 0.6) is 11.5 Å². The minimum Gasteiger partial charge on any atom is -0.493 e. The zero-order valence-corrected chi connectivity index (χ0v) is 9.74. The van der Waals surface area contributed by atoms with Crippen molar-refractivity contribution >= 4 is 5.91 Å². The van der Waals surface area contributed by atoms with E-state index in [2.05, 4.69) is 12.4 Å². The van der Waals surface area contributed by atoms with E-state index in [-0.39, 0.29) is 12.0 Å². The molecule has 1 amide bonds. The SMILES string of the molecule is [CH2]NC(=O)c1ccc(OC)c(OC(C)C)c1. The number of carbonyl (C=O) groups excluding carboxylic acids is 1. The van der Waals surface area contributed by atoms with Gasteiger partial charge in [0, 0.05) is 12.6 Å². The molecule has 0 aliphatic rings. The molecule has 0 unspecified atom stereocenters. The van der Waals surface area contributed by atoms with Crippen molar-refractivity contribution in [1.29, 1.82) is 0 Å². The van der Waals surface area contributed by atoms with E-state index in [1.165, 1.54) is 0 Å². The van der Waals surface area contributed by atoms with Gasteiger partial charge in [-0.25, -0.2) is 0 Å². The van der Waals surface area contributed by atoms with Crippen molar-refractivity contribution < 1.29 is 14.3 Å². The Hall–Kier alpha value is -1.71. The first-order chi connectivity index (χ1) is 7.58. The van der Waals surface area contributed by atoms with Gasteiger partial charge in [0.2, 0.25) is 0 Å². The number of hydrogen-bond donors (Lipinski definition) is 1. The van der Waals surface area contributed by atoms with Crippen molar-refractivity contribution in [2.24, 2.45) is 0 Å². The second-order valence-corrected chi connectivity index (χ2v) is 3.54. The fourth-order valence-corrected chi connectivity index (χ4v) is 1.27. The van der Waals surface area contributed by atoms with E-state index in [4.69, 9.17) is 9.47 Å². The van der Waals surface area contributed by atoms with Crippen molar-refractivity contribution in [3.05, 3.63) is 30.8 Å². The van der Waals surface area contributed by atoms with E-state index >= 15 is 0 Å². The molecule has 16 heavy (non-hydrogen) atoms. The number of carbonyl (C=O) groups is 1. The van der Waals surface area contributed by atoms with E-state index in [1.807, 2.05) is 13.8 Å². The van der Waals surface area contributed by atoms with Gasteiger partial charge < -0.3 is 14.8 Å². The molecule has 0 aliphatic carbocycles. The summed E-state index contributed by atoms with van der Waals surface area (Å²) in [7, 11) is 4.88. The average molecular weight is 222 g/mol. The molecule has 0 spiro atoms. The van der Waals surface area contributed by atoms with Crippen molar-refractivity contribution in [3.8, 4) is 11.5 Å². The normalized spacial score (nSPS) is 10.1. The third kappa shape index (κ3) is 2.89. The molecule has 1 aromatic rings. The van der Waals surface area contributed by atoms with Crippen LogP contribution in [0, 0.1) is 7.05 Å². The molecule has 1 aromatic carbocycles. The number of benzene rings is 1. The highest BCUT2D eigenvalue weighted by Crippen LogP contribution is 2.28. The zero-order chi connectivity index (χ0) is 12.1. The van der Waals surface area contributed by atoms with Gasteiger partial charge in [-0.1, -0.05) is 0 Å². The van der Waals surface area contributed by atoms with Crippen LogP contribution < -0.4 is 14.8 Å². The quantitative estimate of drug-likeness (QED) is 0.847. The minimum absolute atomic E-state index is 0.0203. The molecule has 0 heterocycles. The highest BCUT2D eigenvalue weighted by Gasteiger charge is 2.10. The second kappa shape index (κ2) is 5.39. The maximum atomic E-state index is 11.4. The number of rotatable bonds is 4. The van der Waals surface area contributed by atoms with Gasteiger partial charge in [0.15, 0.2) is 11.5 Å².